The smallest absolute Gasteiger partial charge is 0.255 e. The standard InChI is InChI=1S/C14H12BrNO2S/c1-18-10-5-6-12(15)13(8-10)16-14(17)9-3-2-4-11(19)7-9/h2-8,19H,1H3,(H,16,17). The molecule has 0 aliphatic carbocycles. The zero-order chi connectivity index (χ0) is 13.8. The number of hydrogen-bond donors (Lipinski definition) is 2. The first-order valence-electron chi connectivity index (χ1n) is 5.54. The molecule has 0 aromatic heterocycles. The Hall–Kier alpha value is -1.46. The lowest BCUT2D eigenvalue weighted by molar-refractivity contribution is 0.102. The summed E-state index contributed by atoms with van der Waals surface area (Å²) in [5, 5.41) is 2.83. The molecular formula is C14H12BrNO2S. The number of benzene rings is 2. The zero-order valence-electron chi connectivity index (χ0n) is 10.2. The summed E-state index contributed by atoms with van der Waals surface area (Å²) in [6.07, 6.45) is 0. The van der Waals surface area contributed by atoms with Crippen molar-refractivity contribution in [1.29, 1.82) is 0 Å². The maximum atomic E-state index is 12.1. The van der Waals surface area contributed by atoms with Crippen molar-refractivity contribution < 1.29 is 9.53 Å². The van der Waals surface area contributed by atoms with Crippen LogP contribution in [0.3, 0.4) is 0 Å². The molecule has 2 aromatic rings. The van der Waals surface area contributed by atoms with Crippen LogP contribution in [-0.2, 0) is 0 Å². The fourth-order valence-electron chi connectivity index (χ4n) is 1.57. The first-order chi connectivity index (χ1) is 9.10. The van der Waals surface area contributed by atoms with E-state index in [1.807, 2.05) is 18.2 Å². The van der Waals surface area contributed by atoms with E-state index in [9.17, 15) is 4.79 Å². The average Bonchev–Trinajstić information content (AvgIpc) is 2.41. The number of nitrogens with one attached hydrogen (secondary N) is 1. The van der Waals surface area contributed by atoms with Gasteiger partial charge in [-0.2, -0.15) is 0 Å². The van der Waals surface area contributed by atoms with Gasteiger partial charge in [0.15, 0.2) is 0 Å². The topological polar surface area (TPSA) is 38.3 Å². The van der Waals surface area contributed by atoms with Gasteiger partial charge in [0, 0.05) is 21.0 Å². The van der Waals surface area contributed by atoms with Gasteiger partial charge >= 0.3 is 0 Å². The Bertz CT molecular complexity index is 616. The van der Waals surface area contributed by atoms with Crippen molar-refractivity contribution in [2.45, 2.75) is 4.90 Å². The van der Waals surface area contributed by atoms with E-state index in [0.29, 0.717) is 17.0 Å². The molecule has 3 nitrogen and oxygen atoms in total. The van der Waals surface area contributed by atoms with Crippen LogP contribution in [0, 0.1) is 0 Å². The van der Waals surface area contributed by atoms with Gasteiger partial charge < -0.3 is 10.1 Å². The molecule has 0 unspecified atom stereocenters. The minimum atomic E-state index is -0.190. The second kappa shape index (κ2) is 6.12. The third kappa shape index (κ3) is 3.52. The Labute approximate surface area is 125 Å². The van der Waals surface area contributed by atoms with Gasteiger partial charge in [-0.05, 0) is 46.3 Å². The van der Waals surface area contributed by atoms with Crippen LogP contribution in [0.4, 0.5) is 5.69 Å². The van der Waals surface area contributed by atoms with Crippen LogP contribution < -0.4 is 10.1 Å². The highest BCUT2D eigenvalue weighted by Gasteiger charge is 2.09. The van der Waals surface area contributed by atoms with E-state index in [1.54, 1.807) is 31.4 Å². The molecule has 2 aromatic carbocycles. The van der Waals surface area contributed by atoms with E-state index in [2.05, 4.69) is 33.9 Å². The SMILES string of the molecule is COc1ccc(Br)c(NC(=O)c2cccc(S)c2)c1. The van der Waals surface area contributed by atoms with Crippen LogP contribution in [0.25, 0.3) is 0 Å². The van der Waals surface area contributed by atoms with Crippen LogP contribution in [0.15, 0.2) is 51.8 Å². The zero-order valence-corrected chi connectivity index (χ0v) is 12.7. The summed E-state index contributed by atoms with van der Waals surface area (Å²) in [5.41, 5.74) is 1.22. The summed E-state index contributed by atoms with van der Waals surface area (Å²) in [6, 6.07) is 12.5. The molecule has 0 aliphatic rings. The highest BCUT2D eigenvalue weighted by molar-refractivity contribution is 9.10. The Morgan fingerprint density at radius 2 is 2.05 bits per heavy atom. The minimum absolute atomic E-state index is 0.190. The Kier molecular flexibility index (Phi) is 4.50. The summed E-state index contributed by atoms with van der Waals surface area (Å²) < 4.78 is 5.93. The van der Waals surface area contributed by atoms with E-state index in [1.165, 1.54) is 0 Å². The molecule has 0 spiro atoms. The monoisotopic (exact) mass is 337 g/mol. The van der Waals surface area contributed by atoms with Gasteiger partial charge in [-0.1, -0.05) is 6.07 Å². The molecule has 19 heavy (non-hydrogen) atoms. The molecule has 0 aliphatic heterocycles. The van der Waals surface area contributed by atoms with Crippen molar-refractivity contribution in [2.75, 3.05) is 12.4 Å². The Morgan fingerprint density at radius 3 is 2.74 bits per heavy atom. The maximum absolute atomic E-state index is 12.1. The number of rotatable bonds is 3. The number of carbonyl (C=O) groups excluding carboxylic acids is 1. The number of amides is 1. The molecule has 0 heterocycles. The third-order valence-electron chi connectivity index (χ3n) is 2.53. The van der Waals surface area contributed by atoms with Gasteiger partial charge in [-0.3, -0.25) is 4.79 Å². The van der Waals surface area contributed by atoms with E-state index >= 15 is 0 Å². The highest BCUT2D eigenvalue weighted by atomic mass is 79.9. The largest absolute Gasteiger partial charge is 0.497 e. The lowest BCUT2D eigenvalue weighted by atomic mass is 10.2. The van der Waals surface area contributed by atoms with Crippen molar-refractivity contribution in [1.82, 2.24) is 0 Å². The minimum Gasteiger partial charge on any atom is -0.497 e. The number of carbonyl (C=O) groups is 1. The Morgan fingerprint density at radius 1 is 1.26 bits per heavy atom. The van der Waals surface area contributed by atoms with E-state index in [0.717, 1.165) is 9.37 Å². The molecular weight excluding hydrogens is 326 g/mol. The number of methoxy groups -OCH3 is 1. The second-order valence-electron chi connectivity index (χ2n) is 3.85. The average molecular weight is 338 g/mol. The quantitative estimate of drug-likeness (QED) is 0.831. The second-order valence-corrected chi connectivity index (χ2v) is 5.22. The lowest BCUT2D eigenvalue weighted by Gasteiger charge is -2.09. The number of hydrogen-bond acceptors (Lipinski definition) is 3. The highest BCUT2D eigenvalue weighted by Crippen LogP contribution is 2.27. The fourth-order valence-corrected chi connectivity index (χ4v) is 2.14. The first-order valence-corrected chi connectivity index (χ1v) is 6.78. The number of ether oxygens (including phenoxy) is 1. The molecule has 0 atom stereocenters. The fraction of sp³-hybridized carbons (Fsp3) is 0.0714. The number of anilines is 1. The predicted molar refractivity (Wildman–Crippen MR) is 82.3 cm³/mol. The molecule has 1 amide bonds. The molecule has 0 radical (unpaired) electrons. The summed E-state index contributed by atoms with van der Waals surface area (Å²) in [6.45, 7) is 0. The van der Waals surface area contributed by atoms with E-state index in [-0.39, 0.29) is 5.91 Å². The van der Waals surface area contributed by atoms with Gasteiger partial charge in [-0.15, -0.1) is 12.6 Å². The molecule has 0 bridgehead atoms. The molecule has 0 saturated carbocycles. The van der Waals surface area contributed by atoms with Crippen LogP contribution in [-0.4, -0.2) is 13.0 Å². The molecule has 0 saturated heterocycles. The van der Waals surface area contributed by atoms with Crippen molar-refractivity contribution in [2.24, 2.45) is 0 Å². The van der Waals surface area contributed by atoms with Gasteiger partial charge in [0.2, 0.25) is 0 Å². The third-order valence-corrected chi connectivity index (χ3v) is 3.50. The van der Waals surface area contributed by atoms with Crippen LogP contribution in [0.1, 0.15) is 10.4 Å². The van der Waals surface area contributed by atoms with Crippen molar-refractivity contribution in [3.8, 4) is 5.75 Å². The molecule has 98 valence electrons. The van der Waals surface area contributed by atoms with Crippen LogP contribution >= 0.6 is 28.6 Å². The maximum Gasteiger partial charge on any atom is 0.255 e. The number of halogens is 1. The van der Waals surface area contributed by atoms with Gasteiger partial charge in [0.1, 0.15) is 5.75 Å². The summed E-state index contributed by atoms with van der Waals surface area (Å²) in [5.74, 6) is 0.492. The number of thiol groups is 1. The lowest BCUT2D eigenvalue weighted by Crippen LogP contribution is -2.12. The molecule has 1 N–H and O–H groups in total. The molecule has 0 fully saturated rings. The van der Waals surface area contributed by atoms with Gasteiger partial charge in [-0.25, -0.2) is 0 Å². The summed E-state index contributed by atoms with van der Waals surface area (Å²) in [4.78, 5) is 12.9. The van der Waals surface area contributed by atoms with Gasteiger partial charge in [0.05, 0.1) is 12.8 Å². The van der Waals surface area contributed by atoms with E-state index < -0.39 is 0 Å². The summed E-state index contributed by atoms with van der Waals surface area (Å²) in [7, 11) is 1.58. The van der Waals surface area contributed by atoms with E-state index in [4.69, 9.17) is 4.74 Å². The van der Waals surface area contributed by atoms with Crippen LogP contribution in [0.2, 0.25) is 0 Å². The van der Waals surface area contributed by atoms with Gasteiger partial charge in [0.25, 0.3) is 5.91 Å². The first kappa shape index (κ1) is 14.0. The normalized spacial score (nSPS) is 10.1. The molecule has 5 heteroatoms. The van der Waals surface area contributed by atoms with Crippen molar-refractivity contribution >= 4 is 40.2 Å². The van der Waals surface area contributed by atoms with Crippen molar-refractivity contribution in [3.05, 3.63) is 52.5 Å². The van der Waals surface area contributed by atoms with Crippen LogP contribution in [0.5, 0.6) is 5.75 Å². The summed E-state index contributed by atoms with van der Waals surface area (Å²) >= 11 is 7.61. The predicted octanol–water partition coefficient (Wildman–Crippen LogP) is 4.00. The Balaban J connectivity index is 2.23. The molecule has 2 rings (SSSR count). The van der Waals surface area contributed by atoms with Crippen molar-refractivity contribution in [3.63, 3.8) is 0 Å².